The van der Waals surface area contributed by atoms with E-state index in [0.717, 1.165) is 11.8 Å². The summed E-state index contributed by atoms with van der Waals surface area (Å²) in [6.45, 7) is 1.68. The molecule has 2 aromatic carbocycles. The standard InChI is InChI=1S/C21H20ClNO5S/c1-12(24)29-18(11-19(25)23-10-4-7-17(23)21(27)28)20(26)15-8-9-16(22)14-6-3-2-5-13(14)15/h2-3,5-6,8-9,17-18H,4,7,10-11H2,1H3,(H,27,28)/t17-,18?/m0/s1. The van der Waals surface area contributed by atoms with Gasteiger partial charge in [0.15, 0.2) is 10.9 Å². The molecule has 6 nitrogen and oxygen atoms in total. The predicted octanol–water partition coefficient (Wildman–Crippen LogP) is 3.79. The molecule has 152 valence electrons. The van der Waals surface area contributed by atoms with Crippen molar-refractivity contribution in [2.45, 2.75) is 37.5 Å². The molecule has 1 N–H and O–H groups in total. The van der Waals surface area contributed by atoms with E-state index >= 15 is 0 Å². The van der Waals surface area contributed by atoms with E-state index < -0.39 is 23.2 Å². The van der Waals surface area contributed by atoms with Gasteiger partial charge >= 0.3 is 5.97 Å². The second-order valence-corrected chi connectivity index (χ2v) is 8.68. The number of Topliss-reactive ketones (excluding diaryl/α,β-unsaturated/α-hetero) is 1. The molecule has 0 aromatic heterocycles. The molecule has 3 rings (SSSR count). The largest absolute Gasteiger partial charge is 0.480 e. The molecular formula is C21H20ClNO5S. The molecule has 2 atom stereocenters. The zero-order valence-electron chi connectivity index (χ0n) is 15.8. The SMILES string of the molecule is CC(=O)SC(CC(=O)N1CCC[C@H]1C(=O)O)C(=O)c1ccc(Cl)c2ccccc12. The van der Waals surface area contributed by atoms with Gasteiger partial charge in [-0.2, -0.15) is 0 Å². The summed E-state index contributed by atoms with van der Waals surface area (Å²) >= 11 is 7.02. The number of hydrogen-bond acceptors (Lipinski definition) is 5. The van der Waals surface area contributed by atoms with Gasteiger partial charge in [-0.1, -0.05) is 47.6 Å². The summed E-state index contributed by atoms with van der Waals surface area (Å²) in [5.74, 6) is -1.83. The van der Waals surface area contributed by atoms with Gasteiger partial charge in [0.25, 0.3) is 0 Å². The topological polar surface area (TPSA) is 91.8 Å². The Morgan fingerprint density at radius 1 is 1.17 bits per heavy atom. The fourth-order valence-corrected chi connectivity index (χ4v) is 4.73. The summed E-state index contributed by atoms with van der Waals surface area (Å²) in [6, 6.07) is 9.51. The highest BCUT2D eigenvalue weighted by Gasteiger charge is 2.36. The fraction of sp³-hybridized carbons (Fsp3) is 0.333. The van der Waals surface area contributed by atoms with E-state index in [1.165, 1.54) is 11.8 Å². The first kappa shape index (κ1) is 21.3. The zero-order valence-corrected chi connectivity index (χ0v) is 17.3. The van der Waals surface area contributed by atoms with Crippen molar-refractivity contribution in [1.82, 2.24) is 4.90 Å². The molecule has 0 spiro atoms. The summed E-state index contributed by atoms with van der Waals surface area (Å²) < 4.78 is 0. The number of rotatable bonds is 6. The monoisotopic (exact) mass is 433 g/mol. The maximum Gasteiger partial charge on any atom is 0.326 e. The van der Waals surface area contributed by atoms with Crippen LogP contribution in [0.5, 0.6) is 0 Å². The Morgan fingerprint density at radius 2 is 1.86 bits per heavy atom. The molecule has 0 bridgehead atoms. The van der Waals surface area contributed by atoms with Crippen LogP contribution in [0.2, 0.25) is 5.02 Å². The van der Waals surface area contributed by atoms with E-state index in [-0.39, 0.29) is 17.3 Å². The average Bonchev–Trinajstić information content (AvgIpc) is 3.17. The van der Waals surface area contributed by atoms with Gasteiger partial charge in [0.05, 0.1) is 5.25 Å². The van der Waals surface area contributed by atoms with Gasteiger partial charge in [0, 0.05) is 35.9 Å². The van der Waals surface area contributed by atoms with Crippen LogP contribution < -0.4 is 0 Å². The lowest BCUT2D eigenvalue weighted by atomic mass is 9.98. The summed E-state index contributed by atoms with van der Waals surface area (Å²) in [5.41, 5.74) is 0.382. The van der Waals surface area contributed by atoms with Crippen LogP contribution in [0.3, 0.4) is 0 Å². The van der Waals surface area contributed by atoms with E-state index in [1.807, 2.05) is 6.07 Å². The number of carbonyl (C=O) groups excluding carboxylic acids is 3. The Hall–Kier alpha value is -2.38. The molecule has 1 heterocycles. The normalized spacial score (nSPS) is 17.3. The number of aliphatic carboxylic acids is 1. The Balaban J connectivity index is 1.90. The van der Waals surface area contributed by atoms with Gasteiger partial charge in [-0.25, -0.2) is 4.79 Å². The second-order valence-electron chi connectivity index (χ2n) is 6.89. The number of carboxylic acid groups (broad SMARTS) is 1. The summed E-state index contributed by atoms with van der Waals surface area (Å²) in [5, 5.41) is 9.96. The quantitative estimate of drug-likeness (QED) is 0.697. The van der Waals surface area contributed by atoms with Crippen molar-refractivity contribution in [3.63, 3.8) is 0 Å². The summed E-state index contributed by atoms with van der Waals surface area (Å²) in [7, 11) is 0. The number of carbonyl (C=O) groups is 4. The number of benzene rings is 2. The molecule has 1 unspecified atom stereocenters. The van der Waals surface area contributed by atoms with Crippen molar-refractivity contribution in [2.24, 2.45) is 0 Å². The van der Waals surface area contributed by atoms with Crippen LogP contribution >= 0.6 is 23.4 Å². The molecule has 2 aromatic rings. The van der Waals surface area contributed by atoms with Crippen molar-refractivity contribution in [3.8, 4) is 0 Å². The molecular weight excluding hydrogens is 414 g/mol. The minimum atomic E-state index is -1.05. The molecule has 0 radical (unpaired) electrons. The van der Waals surface area contributed by atoms with Gasteiger partial charge in [-0.05, 0) is 30.4 Å². The minimum Gasteiger partial charge on any atom is -0.480 e. The molecule has 0 saturated carbocycles. The molecule has 1 fully saturated rings. The number of thioether (sulfide) groups is 1. The van der Waals surface area contributed by atoms with E-state index in [4.69, 9.17) is 11.6 Å². The highest BCUT2D eigenvalue weighted by atomic mass is 35.5. The maximum absolute atomic E-state index is 13.3. The van der Waals surface area contributed by atoms with Crippen molar-refractivity contribution in [2.75, 3.05) is 6.54 Å². The third-order valence-electron chi connectivity index (χ3n) is 4.96. The third-order valence-corrected chi connectivity index (χ3v) is 6.28. The summed E-state index contributed by atoms with van der Waals surface area (Å²) in [4.78, 5) is 50.5. The number of amides is 1. The second kappa shape index (κ2) is 8.97. The lowest BCUT2D eigenvalue weighted by Crippen LogP contribution is -2.42. The number of ketones is 1. The molecule has 1 aliphatic heterocycles. The van der Waals surface area contributed by atoms with E-state index in [2.05, 4.69) is 0 Å². The molecule has 1 amide bonds. The zero-order chi connectivity index (χ0) is 21.1. The van der Waals surface area contributed by atoms with Crippen LogP contribution in [-0.2, 0) is 14.4 Å². The highest BCUT2D eigenvalue weighted by Crippen LogP contribution is 2.31. The van der Waals surface area contributed by atoms with Gasteiger partial charge in [-0.3, -0.25) is 14.4 Å². The van der Waals surface area contributed by atoms with E-state index in [0.29, 0.717) is 40.7 Å². The maximum atomic E-state index is 13.3. The van der Waals surface area contributed by atoms with E-state index in [9.17, 15) is 24.3 Å². The number of carboxylic acids is 1. The van der Waals surface area contributed by atoms with Crippen LogP contribution in [0.4, 0.5) is 0 Å². The molecule has 8 heteroatoms. The minimum absolute atomic E-state index is 0.232. The first-order valence-corrected chi connectivity index (χ1v) is 10.5. The third kappa shape index (κ3) is 4.62. The predicted molar refractivity (Wildman–Crippen MR) is 112 cm³/mol. The summed E-state index contributed by atoms with van der Waals surface area (Å²) in [6.07, 6.45) is 0.758. The van der Waals surface area contributed by atoms with Gasteiger partial charge in [0.1, 0.15) is 6.04 Å². The van der Waals surface area contributed by atoms with Crippen molar-refractivity contribution < 1.29 is 24.3 Å². The molecule has 1 saturated heterocycles. The first-order valence-electron chi connectivity index (χ1n) is 9.20. The smallest absolute Gasteiger partial charge is 0.326 e. The van der Waals surface area contributed by atoms with Crippen molar-refractivity contribution in [3.05, 3.63) is 47.0 Å². The van der Waals surface area contributed by atoms with Gasteiger partial charge < -0.3 is 10.0 Å². The number of fused-ring (bicyclic) bond motifs is 1. The number of halogens is 1. The molecule has 0 aliphatic carbocycles. The highest BCUT2D eigenvalue weighted by molar-refractivity contribution is 8.14. The van der Waals surface area contributed by atoms with Crippen LogP contribution in [0.1, 0.15) is 36.5 Å². The van der Waals surface area contributed by atoms with Crippen molar-refractivity contribution >= 4 is 56.9 Å². The van der Waals surface area contributed by atoms with Crippen molar-refractivity contribution in [1.29, 1.82) is 0 Å². The number of nitrogens with zero attached hydrogens (tertiary/aromatic N) is 1. The number of hydrogen-bond donors (Lipinski definition) is 1. The molecule has 29 heavy (non-hydrogen) atoms. The fourth-order valence-electron chi connectivity index (χ4n) is 3.64. The van der Waals surface area contributed by atoms with Crippen LogP contribution in [-0.4, -0.2) is 50.6 Å². The number of likely N-dealkylation sites (tertiary alicyclic amines) is 1. The van der Waals surface area contributed by atoms with Crippen LogP contribution in [0.25, 0.3) is 10.8 Å². The van der Waals surface area contributed by atoms with Gasteiger partial charge in [0.2, 0.25) is 5.91 Å². The Morgan fingerprint density at radius 3 is 2.52 bits per heavy atom. The van der Waals surface area contributed by atoms with Crippen LogP contribution in [0, 0.1) is 0 Å². The Bertz CT molecular complexity index is 992. The Labute approximate surface area is 177 Å². The first-order chi connectivity index (χ1) is 13.8. The average molecular weight is 434 g/mol. The lowest BCUT2D eigenvalue weighted by Gasteiger charge is -2.23. The van der Waals surface area contributed by atoms with Crippen LogP contribution in [0.15, 0.2) is 36.4 Å². The van der Waals surface area contributed by atoms with Gasteiger partial charge in [-0.15, -0.1) is 0 Å². The lowest BCUT2D eigenvalue weighted by molar-refractivity contribution is -0.148. The molecule has 1 aliphatic rings. The van der Waals surface area contributed by atoms with E-state index in [1.54, 1.807) is 30.3 Å². The Kier molecular flexibility index (Phi) is 6.59.